The van der Waals surface area contributed by atoms with Gasteiger partial charge in [-0.05, 0) is 24.3 Å². The summed E-state index contributed by atoms with van der Waals surface area (Å²) in [5.41, 5.74) is 8.09. The van der Waals surface area contributed by atoms with Crippen molar-refractivity contribution in [1.29, 1.82) is 0 Å². The van der Waals surface area contributed by atoms with Gasteiger partial charge in [0.2, 0.25) is 0 Å². The highest BCUT2D eigenvalue weighted by Crippen LogP contribution is 2.35. The van der Waals surface area contributed by atoms with Gasteiger partial charge in [0.15, 0.2) is 5.75 Å². The summed E-state index contributed by atoms with van der Waals surface area (Å²) in [4.78, 5) is 16.9. The van der Waals surface area contributed by atoms with Crippen LogP contribution in [0.4, 0.5) is 5.69 Å². The Hall–Kier alpha value is -3.47. The van der Waals surface area contributed by atoms with E-state index in [1.807, 2.05) is 28.9 Å². The molecule has 2 aromatic heterocycles. The number of nitrogens with one attached hydrogen (secondary N) is 2. The van der Waals surface area contributed by atoms with Gasteiger partial charge in [0.05, 0.1) is 59.5 Å². The van der Waals surface area contributed by atoms with Crippen LogP contribution in [0.25, 0.3) is 11.3 Å². The summed E-state index contributed by atoms with van der Waals surface area (Å²) >= 11 is 6.33. The van der Waals surface area contributed by atoms with Gasteiger partial charge < -0.3 is 14.8 Å². The van der Waals surface area contributed by atoms with Crippen molar-refractivity contribution in [2.75, 3.05) is 32.3 Å². The van der Waals surface area contributed by atoms with E-state index in [1.165, 1.54) is 0 Å². The predicted octanol–water partition coefficient (Wildman–Crippen LogP) is 3.37. The van der Waals surface area contributed by atoms with Gasteiger partial charge in [-0.2, -0.15) is 0 Å². The normalized spacial score (nSPS) is 15.1. The van der Waals surface area contributed by atoms with E-state index in [0.717, 1.165) is 22.5 Å². The molecule has 0 spiro atoms. The fourth-order valence-corrected chi connectivity index (χ4v) is 4.10. The molecule has 2 N–H and O–H groups in total. The molecule has 8 heteroatoms. The first-order chi connectivity index (χ1) is 15.7. The fraction of sp³-hybridized carbons (Fsp3) is 0.250. The average molecular weight is 449 g/mol. The summed E-state index contributed by atoms with van der Waals surface area (Å²) < 4.78 is 12.7. The molecule has 4 heterocycles. The van der Waals surface area contributed by atoms with Gasteiger partial charge in [-0.15, -0.1) is 0 Å². The molecule has 1 fully saturated rings. The zero-order valence-electron chi connectivity index (χ0n) is 17.4. The van der Waals surface area contributed by atoms with Crippen LogP contribution in [0.3, 0.4) is 0 Å². The second-order valence-corrected chi connectivity index (χ2v) is 8.00. The monoisotopic (exact) mass is 448 g/mol. The fourth-order valence-electron chi connectivity index (χ4n) is 3.85. The van der Waals surface area contributed by atoms with Crippen molar-refractivity contribution in [3.8, 4) is 28.8 Å². The zero-order chi connectivity index (χ0) is 22.1. The lowest BCUT2D eigenvalue weighted by atomic mass is 10.0. The molecule has 0 radical (unpaired) electrons. The molecule has 0 saturated carbocycles. The number of amides is 1. The quantitative estimate of drug-likeness (QED) is 0.598. The summed E-state index contributed by atoms with van der Waals surface area (Å²) in [6, 6.07) is 9.30. The SMILES string of the molecule is COc1c(Cl)cccc1Nn1c(-c2ccncc2C#CC2COC2)cc2c1CCNC2=O. The van der Waals surface area contributed by atoms with E-state index in [2.05, 4.69) is 27.6 Å². The van der Waals surface area contributed by atoms with Crippen LogP contribution in [-0.4, -0.2) is 42.4 Å². The maximum absolute atomic E-state index is 12.6. The molecule has 5 rings (SSSR count). The van der Waals surface area contributed by atoms with Crippen LogP contribution in [0.5, 0.6) is 5.75 Å². The van der Waals surface area contributed by atoms with Gasteiger partial charge in [-0.1, -0.05) is 29.5 Å². The first kappa shape index (κ1) is 20.4. The number of fused-ring (bicyclic) bond motifs is 1. The molecular weight excluding hydrogens is 428 g/mol. The number of anilines is 1. The van der Waals surface area contributed by atoms with Gasteiger partial charge in [0, 0.05) is 30.9 Å². The standard InChI is InChI=1S/C24H21ClN4O3/c1-31-23-19(25)3-2-4-20(23)28-29-21-8-10-27-24(30)18(21)11-22(29)17-7-9-26-12-16(17)6-5-15-13-32-14-15/h2-4,7,9,11-12,15,28H,8,10,13-14H2,1H3,(H,27,30). The topological polar surface area (TPSA) is 77.4 Å². The van der Waals surface area contributed by atoms with Gasteiger partial charge in [0.25, 0.3) is 5.91 Å². The van der Waals surface area contributed by atoms with Crippen molar-refractivity contribution in [2.24, 2.45) is 5.92 Å². The van der Waals surface area contributed by atoms with Crippen LogP contribution in [-0.2, 0) is 11.2 Å². The van der Waals surface area contributed by atoms with Gasteiger partial charge >= 0.3 is 0 Å². The summed E-state index contributed by atoms with van der Waals surface area (Å²) in [5, 5.41) is 3.41. The largest absolute Gasteiger partial charge is 0.493 e. The minimum absolute atomic E-state index is 0.0978. The highest BCUT2D eigenvalue weighted by molar-refractivity contribution is 6.32. The second-order valence-electron chi connectivity index (χ2n) is 7.59. The molecule has 0 bridgehead atoms. The molecule has 0 unspecified atom stereocenters. The highest BCUT2D eigenvalue weighted by Gasteiger charge is 2.26. The Bertz CT molecular complexity index is 1250. The van der Waals surface area contributed by atoms with E-state index in [1.54, 1.807) is 25.6 Å². The van der Waals surface area contributed by atoms with Crippen LogP contribution in [0, 0.1) is 17.8 Å². The molecule has 162 valence electrons. The number of carbonyl (C=O) groups excluding carboxylic acids is 1. The Labute approximate surface area is 190 Å². The van der Waals surface area contributed by atoms with Crippen LogP contribution in [0.2, 0.25) is 5.02 Å². The van der Waals surface area contributed by atoms with Gasteiger partial charge in [0.1, 0.15) is 0 Å². The second kappa shape index (κ2) is 8.58. The van der Waals surface area contributed by atoms with Gasteiger partial charge in [-0.3, -0.25) is 19.9 Å². The lowest BCUT2D eigenvalue weighted by molar-refractivity contribution is -0.00300. The molecule has 1 saturated heterocycles. The maximum atomic E-state index is 12.6. The van der Waals surface area contributed by atoms with Crippen molar-refractivity contribution in [1.82, 2.24) is 15.0 Å². The highest BCUT2D eigenvalue weighted by atomic mass is 35.5. The Morgan fingerprint density at radius 3 is 2.97 bits per heavy atom. The van der Waals surface area contributed by atoms with E-state index in [0.29, 0.717) is 48.2 Å². The number of rotatable bonds is 4. The minimum Gasteiger partial charge on any atom is -0.493 e. The molecular formula is C24H21ClN4O3. The average Bonchev–Trinajstić information content (AvgIpc) is 3.13. The smallest absolute Gasteiger partial charge is 0.253 e. The zero-order valence-corrected chi connectivity index (χ0v) is 18.2. The summed E-state index contributed by atoms with van der Waals surface area (Å²) in [6.45, 7) is 1.88. The molecule has 2 aliphatic rings. The molecule has 3 aromatic rings. The number of carbonyl (C=O) groups is 1. The molecule has 1 aromatic carbocycles. The maximum Gasteiger partial charge on any atom is 0.253 e. The van der Waals surface area contributed by atoms with Crippen LogP contribution >= 0.6 is 11.6 Å². The molecule has 1 amide bonds. The van der Waals surface area contributed by atoms with E-state index in [-0.39, 0.29) is 11.8 Å². The lowest BCUT2D eigenvalue weighted by Gasteiger charge is -2.21. The Balaban J connectivity index is 1.65. The number of methoxy groups -OCH3 is 1. The minimum atomic E-state index is -0.0978. The number of aromatic nitrogens is 2. The van der Waals surface area contributed by atoms with E-state index in [4.69, 9.17) is 21.1 Å². The van der Waals surface area contributed by atoms with Crippen molar-refractivity contribution < 1.29 is 14.3 Å². The number of pyridine rings is 1. The number of para-hydroxylation sites is 1. The number of ether oxygens (including phenoxy) is 2. The van der Waals surface area contributed by atoms with Crippen LogP contribution < -0.4 is 15.5 Å². The van der Waals surface area contributed by atoms with Crippen molar-refractivity contribution in [3.05, 3.63) is 64.6 Å². The molecule has 7 nitrogen and oxygen atoms in total. The first-order valence-corrected chi connectivity index (χ1v) is 10.7. The van der Waals surface area contributed by atoms with Crippen LogP contribution in [0.15, 0.2) is 42.7 Å². The lowest BCUT2D eigenvalue weighted by Crippen LogP contribution is -2.33. The molecule has 0 aliphatic carbocycles. The molecule has 32 heavy (non-hydrogen) atoms. The summed E-state index contributed by atoms with van der Waals surface area (Å²) in [6.07, 6.45) is 4.16. The van der Waals surface area contributed by atoms with Crippen molar-refractivity contribution in [2.45, 2.75) is 6.42 Å². The summed E-state index contributed by atoms with van der Waals surface area (Å²) in [7, 11) is 1.58. The number of nitrogens with zero attached hydrogens (tertiary/aromatic N) is 2. The third kappa shape index (κ3) is 3.68. The molecule has 0 atom stereocenters. The summed E-state index contributed by atoms with van der Waals surface area (Å²) in [5.74, 6) is 7.17. The van der Waals surface area contributed by atoms with Crippen molar-refractivity contribution in [3.63, 3.8) is 0 Å². The van der Waals surface area contributed by atoms with E-state index in [9.17, 15) is 4.79 Å². The van der Waals surface area contributed by atoms with Gasteiger partial charge in [-0.25, -0.2) is 0 Å². The van der Waals surface area contributed by atoms with Crippen LogP contribution in [0.1, 0.15) is 21.6 Å². The Kier molecular flexibility index (Phi) is 5.48. The third-order valence-corrected chi connectivity index (χ3v) is 5.84. The first-order valence-electron chi connectivity index (χ1n) is 10.3. The molecule has 2 aliphatic heterocycles. The Morgan fingerprint density at radius 2 is 2.19 bits per heavy atom. The van der Waals surface area contributed by atoms with Crippen molar-refractivity contribution >= 4 is 23.2 Å². The Morgan fingerprint density at radius 1 is 1.31 bits per heavy atom. The van der Waals surface area contributed by atoms with E-state index >= 15 is 0 Å². The van der Waals surface area contributed by atoms with E-state index < -0.39 is 0 Å². The number of halogens is 1. The number of hydrogen-bond donors (Lipinski definition) is 2. The predicted molar refractivity (Wildman–Crippen MR) is 122 cm³/mol. The number of hydrogen-bond acceptors (Lipinski definition) is 5. The third-order valence-electron chi connectivity index (χ3n) is 5.54. The number of benzene rings is 1.